The van der Waals surface area contributed by atoms with E-state index in [2.05, 4.69) is 15.9 Å². The third-order valence-corrected chi connectivity index (χ3v) is 2.87. The lowest BCUT2D eigenvalue weighted by Gasteiger charge is -2.08. The molecule has 1 aliphatic rings. The highest BCUT2D eigenvalue weighted by atomic mass is 79.9. The van der Waals surface area contributed by atoms with Crippen LogP contribution in [-0.4, -0.2) is 17.9 Å². The molecule has 5 heteroatoms. The van der Waals surface area contributed by atoms with E-state index in [1.807, 2.05) is 6.92 Å². The fourth-order valence-electron chi connectivity index (χ4n) is 1.62. The van der Waals surface area contributed by atoms with E-state index in [1.165, 1.54) is 0 Å². The van der Waals surface area contributed by atoms with Gasteiger partial charge in [0.25, 0.3) is 0 Å². The highest BCUT2D eigenvalue weighted by Crippen LogP contribution is 2.43. The van der Waals surface area contributed by atoms with Crippen LogP contribution in [0.1, 0.15) is 22.8 Å². The molecule has 1 aromatic carbocycles. The molecule has 1 heterocycles. The second kappa shape index (κ2) is 3.73. The zero-order chi connectivity index (χ0) is 11.0. The molecule has 0 saturated heterocycles. The average Bonchev–Trinajstić information content (AvgIpc) is 2.66. The zero-order valence-corrected chi connectivity index (χ0v) is 9.63. The Morgan fingerprint density at radius 3 is 2.80 bits per heavy atom. The third kappa shape index (κ3) is 1.56. The monoisotopic (exact) mass is 272 g/mol. The van der Waals surface area contributed by atoms with E-state index in [0.717, 1.165) is 0 Å². The molecule has 1 N–H and O–H groups in total. The molecule has 1 aromatic rings. The predicted octanol–water partition coefficient (Wildman–Crippen LogP) is 2.44. The molecule has 0 aromatic heterocycles. The van der Waals surface area contributed by atoms with Crippen LogP contribution >= 0.6 is 15.9 Å². The first-order chi connectivity index (χ1) is 7.15. The summed E-state index contributed by atoms with van der Waals surface area (Å²) in [7, 11) is 0. The fourth-order valence-corrected chi connectivity index (χ4v) is 2.15. The minimum Gasteiger partial charge on any atom is -0.478 e. The maximum atomic E-state index is 11.0. The number of carboxylic acid groups (broad SMARTS) is 1. The van der Waals surface area contributed by atoms with Crippen LogP contribution in [0.4, 0.5) is 0 Å². The van der Waals surface area contributed by atoms with Crippen molar-refractivity contribution in [2.75, 3.05) is 6.79 Å². The van der Waals surface area contributed by atoms with Gasteiger partial charge in [-0.3, -0.25) is 0 Å². The van der Waals surface area contributed by atoms with E-state index >= 15 is 0 Å². The Hall–Kier alpha value is -1.23. The van der Waals surface area contributed by atoms with Crippen LogP contribution in [0.2, 0.25) is 0 Å². The SMILES string of the molecule is CCc1c(C(=O)O)cc(Br)c2c1OCO2. The maximum Gasteiger partial charge on any atom is 0.336 e. The van der Waals surface area contributed by atoms with E-state index in [-0.39, 0.29) is 12.4 Å². The van der Waals surface area contributed by atoms with Crippen LogP contribution in [0.3, 0.4) is 0 Å². The predicted molar refractivity (Wildman–Crippen MR) is 56.6 cm³/mol. The van der Waals surface area contributed by atoms with E-state index in [4.69, 9.17) is 14.6 Å². The summed E-state index contributed by atoms with van der Waals surface area (Å²) in [5.41, 5.74) is 0.937. The second-order valence-electron chi connectivity index (χ2n) is 3.11. The van der Waals surface area contributed by atoms with E-state index in [1.54, 1.807) is 6.07 Å². The zero-order valence-electron chi connectivity index (χ0n) is 8.04. The molecule has 0 unspecified atom stereocenters. The smallest absolute Gasteiger partial charge is 0.336 e. The van der Waals surface area contributed by atoms with Crippen LogP contribution in [0.15, 0.2) is 10.5 Å². The lowest BCUT2D eigenvalue weighted by Crippen LogP contribution is -2.03. The molecule has 0 radical (unpaired) electrons. The summed E-state index contributed by atoms with van der Waals surface area (Å²) in [6.07, 6.45) is 0.598. The van der Waals surface area contributed by atoms with Crippen molar-refractivity contribution in [2.24, 2.45) is 0 Å². The number of aromatic carboxylic acids is 1. The minimum atomic E-state index is -0.953. The van der Waals surface area contributed by atoms with Gasteiger partial charge in [-0.1, -0.05) is 6.92 Å². The van der Waals surface area contributed by atoms with Gasteiger partial charge in [0.15, 0.2) is 11.5 Å². The molecule has 0 atom stereocenters. The summed E-state index contributed by atoms with van der Waals surface area (Å²) in [5.74, 6) is 0.187. The number of benzene rings is 1. The van der Waals surface area contributed by atoms with Gasteiger partial charge in [0, 0.05) is 5.56 Å². The quantitative estimate of drug-likeness (QED) is 0.899. The fraction of sp³-hybridized carbons (Fsp3) is 0.300. The van der Waals surface area contributed by atoms with Crippen molar-refractivity contribution in [2.45, 2.75) is 13.3 Å². The molecular formula is C10H9BrO4. The van der Waals surface area contributed by atoms with Gasteiger partial charge in [-0.05, 0) is 28.4 Å². The van der Waals surface area contributed by atoms with Gasteiger partial charge < -0.3 is 14.6 Å². The number of hydrogen-bond donors (Lipinski definition) is 1. The van der Waals surface area contributed by atoms with Crippen molar-refractivity contribution >= 4 is 21.9 Å². The lowest BCUT2D eigenvalue weighted by molar-refractivity contribution is 0.0695. The highest BCUT2D eigenvalue weighted by molar-refractivity contribution is 9.10. The van der Waals surface area contributed by atoms with Gasteiger partial charge in [-0.25, -0.2) is 4.79 Å². The number of rotatable bonds is 2. The molecule has 0 aliphatic carbocycles. The molecule has 0 saturated carbocycles. The number of hydrogen-bond acceptors (Lipinski definition) is 3. The number of ether oxygens (including phenoxy) is 2. The van der Waals surface area contributed by atoms with Crippen LogP contribution in [0.5, 0.6) is 11.5 Å². The van der Waals surface area contributed by atoms with E-state index in [9.17, 15) is 4.79 Å². The van der Waals surface area contributed by atoms with Crippen LogP contribution in [0, 0.1) is 0 Å². The van der Waals surface area contributed by atoms with E-state index in [0.29, 0.717) is 28.0 Å². The van der Waals surface area contributed by atoms with E-state index < -0.39 is 5.97 Å². The Morgan fingerprint density at radius 1 is 1.53 bits per heavy atom. The minimum absolute atomic E-state index is 0.143. The van der Waals surface area contributed by atoms with Crippen molar-refractivity contribution in [3.63, 3.8) is 0 Å². The van der Waals surface area contributed by atoms with Crippen LogP contribution in [0.25, 0.3) is 0 Å². The molecule has 0 amide bonds. The molecule has 80 valence electrons. The summed E-state index contributed by atoms with van der Waals surface area (Å²) in [6.45, 7) is 2.03. The normalized spacial score (nSPS) is 12.9. The van der Waals surface area contributed by atoms with Crippen molar-refractivity contribution in [1.29, 1.82) is 0 Å². The van der Waals surface area contributed by atoms with Crippen molar-refractivity contribution < 1.29 is 19.4 Å². The van der Waals surface area contributed by atoms with Gasteiger partial charge >= 0.3 is 5.97 Å². The number of fused-ring (bicyclic) bond motifs is 1. The first kappa shape index (κ1) is 10.3. The summed E-state index contributed by atoms with van der Waals surface area (Å²) in [4.78, 5) is 11.0. The average molecular weight is 273 g/mol. The third-order valence-electron chi connectivity index (χ3n) is 2.28. The number of carbonyl (C=O) groups is 1. The Balaban J connectivity index is 2.68. The molecule has 0 spiro atoms. The van der Waals surface area contributed by atoms with Gasteiger partial charge in [0.2, 0.25) is 6.79 Å². The lowest BCUT2D eigenvalue weighted by atomic mass is 10.0. The Kier molecular flexibility index (Phi) is 2.56. The van der Waals surface area contributed by atoms with Crippen LogP contribution < -0.4 is 9.47 Å². The molecule has 0 bridgehead atoms. The molecule has 0 fully saturated rings. The number of halogens is 1. The van der Waals surface area contributed by atoms with Gasteiger partial charge in [-0.2, -0.15) is 0 Å². The summed E-state index contributed by atoms with van der Waals surface area (Å²) in [6, 6.07) is 1.55. The van der Waals surface area contributed by atoms with Crippen molar-refractivity contribution in [3.8, 4) is 11.5 Å². The molecule has 1 aliphatic heterocycles. The van der Waals surface area contributed by atoms with Gasteiger partial charge in [0.1, 0.15) is 0 Å². The topological polar surface area (TPSA) is 55.8 Å². The molecule has 4 nitrogen and oxygen atoms in total. The van der Waals surface area contributed by atoms with Crippen LogP contribution in [-0.2, 0) is 6.42 Å². The largest absolute Gasteiger partial charge is 0.478 e. The van der Waals surface area contributed by atoms with Crippen molar-refractivity contribution in [1.82, 2.24) is 0 Å². The Labute approximate surface area is 94.9 Å². The summed E-state index contributed by atoms with van der Waals surface area (Å²) >= 11 is 3.26. The second-order valence-corrected chi connectivity index (χ2v) is 3.96. The first-order valence-corrected chi connectivity index (χ1v) is 5.28. The van der Waals surface area contributed by atoms with Gasteiger partial charge in [0.05, 0.1) is 10.0 Å². The standard InChI is InChI=1S/C10H9BrO4/c1-2-5-6(10(12)13)3-7(11)9-8(5)14-4-15-9/h3H,2,4H2,1H3,(H,12,13). The Morgan fingerprint density at radius 2 is 2.20 bits per heavy atom. The van der Waals surface area contributed by atoms with Crippen molar-refractivity contribution in [3.05, 3.63) is 21.7 Å². The van der Waals surface area contributed by atoms with Gasteiger partial charge in [-0.15, -0.1) is 0 Å². The first-order valence-electron chi connectivity index (χ1n) is 4.49. The molecule has 15 heavy (non-hydrogen) atoms. The molecular weight excluding hydrogens is 264 g/mol. The Bertz CT molecular complexity index is 428. The summed E-state index contributed by atoms with van der Waals surface area (Å²) < 4.78 is 11.1. The molecule has 2 rings (SSSR count). The maximum absolute atomic E-state index is 11.0. The number of carboxylic acids is 1. The highest BCUT2D eigenvalue weighted by Gasteiger charge is 2.25. The summed E-state index contributed by atoms with van der Waals surface area (Å²) in [5, 5.41) is 9.04.